The molecule has 15 heavy (non-hydrogen) atoms. The number of rotatable bonds is 0. The molecule has 2 unspecified atom stereocenters. The Balaban J connectivity index is 2.17. The number of hydrogen-bond donors (Lipinski definition) is 0. The second-order valence-electron chi connectivity index (χ2n) is 4.42. The van der Waals surface area contributed by atoms with Crippen LogP contribution in [0.25, 0.3) is 0 Å². The monoisotopic (exact) mass is 199 g/mol. The predicted molar refractivity (Wildman–Crippen MR) is 58.9 cm³/mol. The van der Waals surface area contributed by atoms with Crippen LogP contribution in [0.3, 0.4) is 0 Å². The summed E-state index contributed by atoms with van der Waals surface area (Å²) >= 11 is 0. The van der Waals surface area contributed by atoms with Crippen molar-refractivity contribution in [3.63, 3.8) is 0 Å². The Kier molecular flexibility index (Phi) is 1.58. The van der Waals surface area contributed by atoms with Crippen LogP contribution in [0.15, 0.2) is 42.3 Å². The fraction of sp³-hybridized carbons (Fsp3) is 0.308. The van der Waals surface area contributed by atoms with E-state index in [1.54, 1.807) is 6.20 Å². The maximum absolute atomic E-state index is 5.95. The van der Waals surface area contributed by atoms with E-state index in [1.807, 2.05) is 12.3 Å². The zero-order valence-corrected chi connectivity index (χ0v) is 8.90. The molecule has 0 amide bonds. The minimum Gasteiger partial charge on any atom is -0.481 e. The number of aromatic nitrogens is 1. The minimum absolute atomic E-state index is 0.217. The van der Waals surface area contributed by atoms with Gasteiger partial charge in [-0.1, -0.05) is 17.7 Å². The summed E-state index contributed by atoms with van der Waals surface area (Å²) in [7, 11) is 0. The van der Waals surface area contributed by atoms with Crippen molar-refractivity contribution in [2.45, 2.75) is 25.4 Å². The lowest BCUT2D eigenvalue weighted by Gasteiger charge is -2.28. The summed E-state index contributed by atoms with van der Waals surface area (Å²) in [5, 5.41) is 0. The molecule has 2 heterocycles. The summed E-state index contributed by atoms with van der Waals surface area (Å²) in [6.45, 7) is 4.24. The molecule has 2 aliphatic rings. The lowest BCUT2D eigenvalue weighted by molar-refractivity contribution is 0.154. The van der Waals surface area contributed by atoms with Gasteiger partial charge in [0.2, 0.25) is 0 Å². The van der Waals surface area contributed by atoms with E-state index < -0.39 is 0 Å². The normalized spacial score (nSPS) is 31.6. The first-order valence-electron chi connectivity index (χ1n) is 5.20. The highest BCUT2D eigenvalue weighted by molar-refractivity contribution is 5.49. The van der Waals surface area contributed by atoms with Gasteiger partial charge in [0, 0.05) is 17.7 Å². The molecule has 2 heteroatoms. The van der Waals surface area contributed by atoms with E-state index in [0.717, 1.165) is 5.75 Å². The van der Waals surface area contributed by atoms with Gasteiger partial charge in [-0.05, 0) is 26.0 Å². The third-order valence-corrected chi connectivity index (χ3v) is 3.21. The SMILES string of the molecule is CC1=CC2c3ccncc3OC2(C)C=C1. The standard InChI is InChI=1S/C13H13NO/c1-9-3-5-13(2)11(7-9)10-4-6-14-8-12(10)15-13/h3-8,11H,1-2H3. The summed E-state index contributed by atoms with van der Waals surface area (Å²) in [5.74, 6) is 1.25. The molecule has 0 N–H and O–H groups in total. The van der Waals surface area contributed by atoms with E-state index in [9.17, 15) is 0 Å². The highest BCUT2D eigenvalue weighted by Gasteiger charge is 2.42. The van der Waals surface area contributed by atoms with Crippen molar-refractivity contribution in [3.05, 3.63) is 47.8 Å². The summed E-state index contributed by atoms with van der Waals surface area (Å²) in [6, 6.07) is 2.05. The molecule has 1 aliphatic heterocycles. The molecule has 1 aliphatic carbocycles. The van der Waals surface area contributed by atoms with Crippen LogP contribution < -0.4 is 4.74 Å². The second-order valence-corrected chi connectivity index (χ2v) is 4.42. The largest absolute Gasteiger partial charge is 0.481 e. The van der Waals surface area contributed by atoms with Crippen LogP contribution in [-0.2, 0) is 0 Å². The third kappa shape index (κ3) is 1.14. The molecule has 0 saturated heterocycles. The van der Waals surface area contributed by atoms with Crippen LogP contribution in [-0.4, -0.2) is 10.6 Å². The lowest BCUT2D eigenvalue weighted by atomic mass is 9.81. The minimum atomic E-state index is -0.217. The van der Waals surface area contributed by atoms with Gasteiger partial charge in [0.1, 0.15) is 11.4 Å². The Morgan fingerprint density at radius 1 is 1.47 bits per heavy atom. The molecule has 0 fully saturated rings. The molecule has 2 nitrogen and oxygen atoms in total. The number of allylic oxidation sites excluding steroid dienone is 2. The van der Waals surface area contributed by atoms with Crippen molar-refractivity contribution in [1.29, 1.82) is 0 Å². The van der Waals surface area contributed by atoms with Gasteiger partial charge in [-0.15, -0.1) is 0 Å². The van der Waals surface area contributed by atoms with Crippen LogP contribution in [0.1, 0.15) is 25.3 Å². The van der Waals surface area contributed by atoms with E-state index in [2.05, 4.69) is 37.1 Å². The van der Waals surface area contributed by atoms with Crippen LogP contribution >= 0.6 is 0 Å². The summed E-state index contributed by atoms with van der Waals surface area (Å²) in [4.78, 5) is 4.09. The molecule has 1 aromatic rings. The quantitative estimate of drug-likeness (QED) is 0.641. The highest BCUT2D eigenvalue weighted by Crippen LogP contribution is 2.47. The lowest BCUT2D eigenvalue weighted by Crippen LogP contribution is -2.32. The Hall–Kier alpha value is -1.57. The van der Waals surface area contributed by atoms with E-state index in [1.165, 1.54) is 11.1 Å². The molecule has 3 rings (SSSR count). The number of hydrogen-bond acceptors (Lipinski definition) is 2. The van der Waals surface area contributed by atoms with Gasteiger partial charge in [0.15, 0.2) is 0 Å². The van der Waals surface area contributed by atoms with Crippen molar-refractivity contribution in [2.24, 2.45) is 0 Å². The molecule has 1 aromatic heterocycles. The molecule has 76 valence electrons. The first kappa shape index (κ1) is 8.72. The average molecular weight is 199 g/mol. The smallest absolute Gasteiger partial charge is 0.142 e. The molecule has 0 bridgehead atoms. The summed E-state index contributed by atoms with van der Waals surface area (Å²) in [5.41, 5.74) is 2.33. The van der Waals surface area contributed by atoms with E-state index in [-0.39, 0.29) is 5.60 Å². The molecular formula is C13H13NO. The van der Waals surface area contributed by atoms with E-state index in [0.29, 0.717) is 5.92 Å². The second kappa shape index (κ2) is 2.72. The fourth-order valence-corrected chi connectivity index (χ4v) is 2.35. The van der Waals surface area contributed by atoms with Gasteiger partial charge < -0.3 is 4.74 Å². The van der Waals surface area contributed by atoms with Gasteiger partial charge in [-0.25, -0.2) is 0 Å². The Labute approximate surface area is 89.3 Å². The predicted octanol–water partition coefficient (Wildman–Crippen LogP) is 2.83. The fourth-order valence-electron chi connectivity index (χ4n) is 2.35. The Morgan fingerprint density at radius 3 is 3.20 bits per heavy atom. The van der Waals surface area contributed by atoms with E-state index >= 15 is 0 Å². The molecule has 0 saturated carbocycles. The maximum atomic E-state index is 5.95. The van der Waals surface area contributed by atoms with Crippen LogP contribution in [0.5, 0.6) is 5.75 Å². The maximum Gasteiger partial charge on any atom is 0.142 e. The first-order valence-corrected chi connectivity index (χ1v) is 5.20. The van der Waals surface area contributed by atoms with Gasteiger partial charge in [-0.3, -0.25) is 4.98 Å². The number of nitrogens with zero attached hydrogens (tertiary/aromatic N) is 1. The highest BCUT2D eigenvalue weighted by atomic mass is 16.5. The number of pyridine rings is 1. The van der Waals surface area contributed by atoms with Crippen molar-refractivity contribution in [3.8, 4) is 5.75 Å². The van der Waals surface area contributed by atoms with Gasteiger partial charge in [0.25, 0.3) is 0 Å². The zero-order chi connectivity index (χ0) is 10.5. The molecular weight excluding hydrogens is 186 g/mol. The van der Waals surface area contributed by atoms with Crippen LogP contribution in [0, 0.1) is 0 Å². The summed E-state index contributed by atoms with van der Waals surface area (Å²) < 4.78 is 5.95. The third-order valence-electron chi connectivity index (χ3n) is 3.21. The van der Waals surface area contributed by atoms with Crippen molar-refractivity contribution < 1.29 is 4.74 Å². The molecule has 0 radical (unpaired) electrons. The molecule has 0 aromatic carbocycles. The Morgan fingerprint density at radius 2 is 2.33 bits per heavy atom. The van der Waals surface area contributed by atoms with Crippen LogP contribution in [0.4, 0.5) is 0 Å². The van der Waals surface area contributed by atoms with Gasteiger partial charge >= 0.3 is 0 Å². The summed E-state index contributed by atoms with van der Waals surface area (Å²) in [6.07, 6.45) is 10.2. The topological polar surface area (TPSA) is 22.1 Å². The van der Waals surface area contributed by atoms with Gasteiger partial charge in [0.05, 0.1) is 6.20 Å². The average Bonchev–Trinajstić information content (AvgIpc) is 2.51. The van der Waals surface area contributed by atoms with Crippen molar-refractivity contribution in [2.75, 3.05) is 0 Å². The first-order chi connectivity index (χ1) is 7.19. The van der Waals surface area contributed by atoms with E-state index in [4.69, 9.17) is 4.74 Å². The molecule has 2 atom stereocenters. The van der Waals surface area contributed by atoms with Crippen molar-refractivity contribution >= 4 is 0 Å². The molecule has 0 spiro atoms. The van der Waals surface area contributed by atoms with Crippen molar-refractivity contribution in [1.82, 2.24) is 4.98 Å². The Bertz CT molecular complexity index is 475. The van der Waals surface area contributed by atoms with Gasteiger partial charge in [-0.2, -0.15) is 0 Å². The number of fused-ring (bicyclic) bond motifs is 3. The number of ether oxygens (including phenoxy) is 1. The zero-order valence-electron chi connectivity index (χ0n) is 8.90. The van der Waals surface area contributed by atoms with Crippen LogP contribution in [0.2, 0.25) is 0 Å².